The van der Waals surface area contributed by atoms with Crippen LogP contribution in [0.4, 0.5) is 5.69 Å². The Morgan fingerprint density at radius 1 is 1.29 bits per heavy atom. The minimum atomic E-state index is -3.48. The molecule has 21 heavy (non-hydrogen) atoms. The van der Waals surface area contributed by atoms with Crippen molar-refractivity contribution in [3.63, 3.8) is 0 Å². The highest BCUT2D eigenvalue weighted by Gasteiger charge is 2.19. The summed E-state index contributed by atoms with van der Waals surface area (Å²) in [5, 5.41) is 12.1. The highest BCUT2D eigenvalue weighted by atomic mass is 32.2. The Hall–Kier alpha value is -1.56. The van der Waals surface area contributed by atoms with E-state index in [1.54, 1.807) is 6.92 Å². The molecule has 0 bridgehead atoms. The molecule has 0 unspecified atom stereocenters. The number of rotatable bonds is 6. The van der Waals surface area contributed by atoms with E-state index in [0.29, 0.717) is 12.2 Å². The molecule has 2 N–H and O–H groups in total. The number of aromatic carboxylic acids is 1. The zero-order valence-corrected chi connectivity index (χ0v) is 13.8. The van der Waals surface area contributed by atoms with Crippen LogP contribution < -0.4 is 5.32 Å². The number of hydrogen-bond donors (Lipinski definition) is 2. The van der Waals surface area contributed by atoms with Crippen LogP contribution in [0.1, 0.15) is 44.5 Å². The molecule has 0 radical (unpaired) electrons. The fourth-order valence-corrected chi connectivity index (χ4v) is 2.88. The largest absolute Gasteiger partial charge is 0.478 e. The van der Waals surface area contributed by atoms with Gasteiger partial charge in [-0.15, -0.1) is 0 Å². The zero-order chi connectivity index (χ0) is 16.3. The lowest BCUT2D eigenvalue weighted by molar-refractivity contribution is 0.0696. The Balaban J connectivity index is 3.11. The van der Waals surface area contributed by atoms with E-state index in [9.17, 15) is 13.2 Å². The van der Waals surface area contributed by atoms with E-state index in [-0.39, 0.29) is 21.6 Å². The van der Waals surface area contributed by atoms with Gasteiger partial charge in [-0.3, -0.25) is 0 Å². The van der Waals surface area contributed by atoms with E-state index in [4.69, 9.17) is 5.11 Å². The van der Waals surface area contributed by atoms with Crippen molar-refractivity contribution in [3.8, 4) is 0 Å². The van der Waals surface area contributed by atoms with E-state index < -0.39 is 15.8 Å². The first kappa shape index (κ1) is 17.5. The molecule has 0 saturated carbocycles. The molecule has 0 aromatic heterocycles. The summed E-state index contributed by atoms with van der Waals surface area (Å²) in [6, 6.07) is 4.16. The Kier molecular flexibility index (Phi) is 5.39. The second-order valence-electron chi connectivity index (χ2n) is 6.16. The summed E-state index contributed by atoms with van der Waals surface area (Å²) in [5.74, 6) is -1.20. The maximum absolute atomic E-state index is 12.1. The molecule has 0 aliphatic carbocycles. The second-order valence-corrected chi connectivity index (χ2v) is 8.40. The molecule has 6 heteroatoms. The van der Waals surface area contributed by atoms with Crippen LogP contribution in [0.15, 0.2) is 23.1 Å². The highest BCUT2D eigenvalue weighted by Crippen LogP contribution is 2.25. The molecular formula is C15H23NO4S. The quantitative estimate of drug-likeness (QED) is 0.843. The van der Waals surface area contributed by atoms with Crippen LogP contribution >= 0.6 is 0 Å². The first-order valence-corrected chi connectivity index (χ1v) is 8.56. The van der Waals surface area contributed by atoms with Crippen molar-refractivity contribution in [2.45, 2.75) is 39.0 Å². The number of carbonyl (C=O) groups is 1. The van der Waals surface area contributed by atoms with Gasteiger partial charge < -0.3 is 10.4 Å². The number of nitrogens with one attached hydrogen (secondary N) is 1. The van der Waals surface area contributed by atoms with Crippen molar-refractivity contribution in [2.24, 2.45) is 5.41 Å². The standard InChI is InChI=1S/C15H23NO4S/c1-5-21(19,20)13-10-11(14(17)18)6-7-12(13)16-9-8-15(2,3)4/h6-7,10,16H,5,8-9H2,1-4H3,(H,17,18). The number of sulfone groups is 1. The van der Waals surface area contributed by atoms with Crippen molar-refractivity contribution in [3.05, 3.63) is 23.8 Å². The van der Waals surface area contributed by atoms with E-state index in [0.717, 1.165) is 6.42 Å². The maximum Gasteiger partial charge on any atom is 0.335 e. The molecule has 0 amide bonds. The van der Waals surface area contributed by atoms with Gasteiger partial charge in [0.25, 0.3) is 0 Å². The minimum Gasteiger partial charge on any atom is -0.478 e. The summed E-state index contributed by atoms with van der Waals surface area (Å²) in [7, 11) is -3.48. The van der Waals surface area contributed by atoms with Crippen molar-refractivity contribution in [1.82, 2.24) is 0 Å². The first-order valence-electron chi connectivity index (χ1n) is 6.91. The lowest BCUT2D eigenvalue weighted by Gasteiger charge is -2.19. The second kappa shape index (κ2) is 6.47. The molecule has 0 aliphatic rings. The Bertz CT molecular complexity index is 615. The molecule has 0 aliphatic heterocycles. The Morgan fingerprint density at radius 2 is 1.90 bits per heavy atom. The minimum absolute atomic E-state index is 0.0246. The predicted molar refractivity (Wildman–Crippen MR) is 83.7 cm³/mol. The molecular weight excluding hydrogens is 290 g/mol. The van der Waals surface area contributed by atoms with Crippen molar-refractivity contribution < 1.29 is 18.3 Å². The van der Waals surface area contributed by atoms with Gasteiger partial charge in [0.1, 0.15) is 0 Å². The lowest BCUT2D eigenvalue weighted by Crippen LogP contribution is -2.15. The third-order valence-electron chi connectivity index (χ3n) is 3.13. The third-order valence-corrected chi connectivity index (χ3v) is 4.90. The van der Waals surface area contributed by atoms with Crippen molar-refractivity contribution >= 4 is 21.5 Å². The van der Waals surface area contributed by atoms with E-state index in [2.05, 4.69) is 26.1 Å². The summed E-state index contributed by atoms with van der Waals surface area (Å²) in [6.45, 7) is 8.48. The van der Waals surface area contributed by atoms with Gasteiger partial charge in [-0.25, -0.2) is 13.2 Å². The fraction of sp³-hybridized carbons (Fsp3) is 0.533. The zero-order valence-electron chi connectivity index (χ0n) is 12.9. The SMILES string of the molecule is CCS(=O)(=O)c1cc(C(=O)O)ccc1NCCC(C)(C)C. The Labute approximate surface area is 126 Å². The van der Waals surface area contributed by atoms with Crippen LogP contribution in [0, 0.1) is 5.41 Å². The monoisotopic (exact) mass is 313 g/mol. The molecule has 0 fully saturated rings. The van der Waals surface area contributed by atoms with Crippen LogP contribution in [-0.4, -0.2) is 31.8 Å². The van der Waals surface area contributed by atoms with Gasteiger partial charge >= 0.3 is 5.97 Å². The first-order chi connectivity index (χ1) is 9.57. The van der Waals surface area contributed by atoms with Gasteiger partial charge in [-0.05, 0) is 30.0 Å². The van der Waals surface area contributed by atoms with Crippen LogP contribution in [0.25, 0.3) is 0 Å². The van der Waals surface area contributed by atoms with Crippen LogP contribution in [0.3, 0.4) is 0 Å². The number of carboxylic acid groups (broad SMARTS) is 1. The maximum atomic E-state index is 12.1. The molecule has 0 spiro atoms. The van der Waals surface area contributed by atoms with Gasteiger partial charge in [0, 0.05) is 6.54 Å². The van der Waals surface area contributed by atoms with Gasteiger partial charge in [0.05, 0.1) is 21.9 Å². The van der Waals surface area contributed by atoms with Gasteiger partial charge in [0.2, 0.25) is 0 Å². The summed E-state index contributed by atoms with van der Waals surface area (Å²) in [5.41, 5.74) is 0.576. The molecule has 118 valence electrons. The lowest BCUT2D eigenvalue weighted by atomic mass is 9.92. The van der Waals surface area contributed by atoms with Crippen molar-refractivity contribution in [1.29, 1.82) is 0 Å². The Morgan fingerprint density at radius 3 is 2.38 bits per heavy atom. The van der Waals surface area contributed by atoms with Gasteiger partial charge in [-0.1, -0.05) is 27.7 Å². The van der Waals surface area contributed by atoms with Gasteiger partial charge in [-0.2, -0.15) is 0 Å². The topological polar surface area (TPSA) is 83.5 Å². The summed E-state index contributed by atoms with van der Waals surface area (Å²) in [6.07, 6.45) is 0.874. The smallest absolute Gasteiger partial charge is 0.335 e. The van der Waals surface area contributed by atoms with Crippen LogP contribution in [-0.2, 0) is 9.84 Å². The normalized spacial score (nSPS) is 12.2. The number of hydrogen-bond acceptors (Lipinski definition) is 4. The average Bonchev–Trinajstić information content (AvgIpc) is 2.37. The fourth-order valence-electron chi connectivity index (χ4n) is 1.79. The van der Waals surface area contributed by atoms with Crippen LogP contribution in [0.5, 0.6) is 0 Å². The summed E-state index contributed by atoms with van der Waals surface area (Å²) >= 11 is 0. The molecule has 0 atom stereocenters. The highest BCUT2D eigenvalue weighted by molar-refractivity contribution is 7.91. The van der Waals surface area contributed by atoms with Gasteiger partial charge in [0.15, 0.2) is 9.84 Å². The van der Waals surface area contributed by atoms with E-state index in [1.807, 2.05) is 0 Å². The van der Waals surface area contributed by atoms with Crippen LogP contribution in [0.2, 0.25) is 0 Å². The molecule has 1 aromatic rings. The van der Waals surface area contributed by atoms with Crippen molar-refractivity contribution in [2.75, 3.05) is 17.6 Å². The molecule has 1 rings (SSSR count). The average molecular weight is 313 g/mol. The number of carboxylic acids is 1. The summed E-state index contributed by atoms with van der Waals surface area (Å²) in [4.78, 5) is 11.1. The van der Waals surface area contributed by atoms with E-state index >= 15 is 0 Å². The molecule has 0 saturated heterocycles. The molecule has 1 aromatic carbocycles. The third kappa shape index (κ3) is 5.04. The number of anilines is 1. The predicted octanol–water partition coefficient (Wildman–Crippen LogP) is 3.03. The van der Waals surface area contributed by atoms with E-state index in [1.165, 1.54) is 18.2 Å². The molecule has 0 heterocycles. The number of benzene rings is 1. The molecule has 5 nitrogen and oxygen atoms in total. The summed E-state index contributed by atoms with van der Waals surface area (Å²) < 4.78 is 24.2.